The van der Waals surface area contributed by atoms with Crippen molar-refractivity contribution < 1.29 is 4.74 Å². The zero-order valence-corrected chi connectivity index (χ0v) is 10.4. The number of aryl methyl sites for hydroxylation is 1. The van der Waals surface area contributed by atoms with Crippen LogP contribution in [0.15, 0.2) is 6.07 Å². The number of nitrogens with two attached hydrogens (primary N) is 1. The standard InChI is InChI=1S/C11H20N4O/c1-5-11(3,7-12)15-10-13-8(2)6-9(14-10)16-4/h6H,5,7,12H2,1-4H3,(H,13,14,15). The topological polar surface area (TPSA) is 73.1 Å². The molecule has 90 valence electrons. The van der Waals surface area contributed by atoms with Crippen LogP contribution in [0.2, 0.25) is 0 Å². The van der Waals surface area contributed by atoms with Crippen molar-refractivity contribution in [1.29, 1.82) is 0 Å². The van der Waals surface area contributed by atoms with Crippen molar-refractivity contribution in [2.45, 2.75) is 32.7 Å². The summed E-state index contributed by atoms with van der Waals surface area (Å²) in [6.45, 7) is 6.56. The first-order chi connectivity index (χ1) is 7.53. The Balaban J connectivity index is 2.92. The molecule has 5 heteroatoms. The van der Waals surface area contributed by atoms with Crippen LogP contribution < -0.4 is 15.8 Å². The Kier molecular flexibility index (Phi) is 4.06. The summed E-state index contributed by atoms with van der Waals surface area (Å²) in [5, 5.41) is 3.24. The van der Waals surface area contributed by atoms with Gasteiger partial charge in [0.05, 0.1) is 7.11 Å². The van der Waals surface area contributed by atoms with E-state index in [1.807, 2.05) is 13.8 Å². The number of aromatic nitrogens is 2. The molecule has 0 aromatic carbocycles. The Labute approximate surface area is 96.4 Å². The molecule has 1 unspecified atom stereocenters. The van der Waals surface area contributed by atoms with Gasteiger partial charge in [-0.3, -0.25) is 0 Å². The average molecular weight is 224 g/mol. The van der Waals surface area contributed by atoms with Gasteiger partial charge in [0.1, 0.15) is 0 Å². The van der Waals surface area contributed by atoms with Crippen LogP contribution in [-0.4, -0.2) is 29.2 Å². The predicted molar refractivity (Wildman–Crippen MR) is 64.7 cm³/mol. The summed E-state index contributed by atoms with van der Waals surface area (Å²) in [7, 11) is 1.59. The maximum absolute atomic E-state index is 5.72. The van der Waals surface area contributed by atoms with Gasteiger partial charge in [0.15, 0.2) is 0 Å². The van der Waals surface area contributed by atoms with Crippen LogP contribution in [0.4, 0.5) is 5.95 Å². The highest BCUT2D eigenvalue weighted by molar-refractivity contribution is 5.33. The molecule has 0 aliphatic rings. The summed E-state index contributed by atoms with van der Waals surface area (Å²) in [6.07, 6.45) is 0.906. The Hall–Kier alpha value is -1.36. The maximum atomic E-state index is 5.72. The molecule has 1 rings (SSSR count). The van der Waals surface area contributed by atoms with Gasteiger partial charge < -0.3 is 15.8 Å². The van der Waals surface area contributed by atoms with E-state index in [0.717, 1.165) is 12.1 Å². The van der Waals surface area contributed by atoms with E-state index in [0.29, 0.717) is 18.4 Å². The molecular formula is C11H20N4O. The zero-order valence-electron chi connectivity index (χ0n) is 10.4. The van der Waals surface area contributed by atoms with Crippen LogP contribution in [0, 0.1) is 6.92 Å². The molecule has 0 radical (unpaired) electrons. The first-order valence-electron chi connectivity index (χ1n) is 5.41. The van der Waals surface area contributed by atoms with Gasteiger partial charge in [-0.1, -0.05) is 6.92 Å². The molecule has 0 amide bonds. The second-order valence-electron chi connectivity index (χ2n) is 4.12. The van der Waals surface area contributed by atoms with Crippen molar-refractivity contribution in [3.8, 4) is 5.88 Å². The molecular weight excluding hydrogens is 204 g/mol. The number of hydrogen-bond donors (Lipinski definition) is 2. The van der Waals surface area contributed by atoms with Crippen molar-refractivity contribution in [2.75, 3.05) is 19.0 Å². The molecule has 0 spiro atoms. The number of hydrogen-bond acceptors (Lipinski definition) is 5. The summed E-state index contributed by atoms with van der Waals surface area (Å²) < 4.78 is 5.10. The molecule has 1 aromatic rings. The summed E-state index contributed by atoms with van der Waals surface area (Å²) >= 11 is 0. The van der Waals surface area contributed by atoms with E-state index in [1.54, 1.807) is 13.2 Å². The molecule has 3 N–H and O–H groups in total. The fourth-order valence-electron chi connectivity index (χ4n) is 1.25. The number of anilines is 1. The van der Waals surface area contributed by atoms with E-state index in [4.69, 9.17) is 10.5 Å². The highest BCUT2D eigenvalue weighted by atomic mass is 16.5. The predicted octanol–water partition coefficient (Wildman–Crippen LogP) is 1.33. The molecule has 0 fully saturated rings. The second-order valence-corrected chi connectivity index (χ2v) is 4.12. The molecule has 0 saturated heterocycles. The van der Waals surface area contributed by atoms with Gasteiger partial charge in [-0.15, -0.1) is 0 Å². The van der Waals surface area contributed by atoms with Gasteiger partial charge in [0, 0.05) is 23.8 Å². The molecule has 16 heavy (non-hydrogen) atoms. The van der Waals surface area contributed by atoms with Crippen molar-refractivity contribution in [1.82, 2.24) is 9.97 Å². The van der Waals surface area contributed by atoms with E-state index >= 15 is 0 Å². The minimum absolute atomic E-state index is 0.182. The van der Waals surface area contributed by atoms with Gasteiger partial charge in [-0.05, 0) is 20.3 Å². The number of ether oxygens (including phenoxy) is 1. The highest BCUT2D eigenvalue weighted by Crippen LogP contribution is 2.17. The Morgan fingerprint density at radius 1 is 1.50 bits per heavy atom. The Morgan fingerprint density at radius 3 is 2.69 bits per heavy atom. The van der Waals surface area contributed by atoms with Crippen LogP contribution in [0.5, 0.6) is 5.88 Å². The zero-order chi connectivity index (χ0) is 12.2. The normalized spacial score (nSPS) is 14.3. The Bertz CT molecular complexity index is 350. The lowest BCUT2D eigenvalue weighted by molar-refractivity contribution is 0.396. The van der Waals surface area contributed by atoms with Crippen molar-refractivity contribution in [3.63, 3.8) is 0 Å². The fraction of sp³-hybridized carbons (Fsp3) is 0.636. The lowest BCUT2D eigenvalue weighted by Crippen LogP contribution is -2.42. The first kappa shape index (κ1) is 12.7. The number of nitrogens with one attached hydrogen (secondary N) is 1. The highest BCUT2D eigenvalue weighted by Gasteiger charge is 2.21. The quantitative estimate of drug-likeness (QED) is 0.789. The maximum Gasteiger partial charge on any atom is 0.226 e. The largest absolute Gasteiger partial charge is 0.481 e. The van der Waals surface area contributed by atoms with E-state index in [1.165, 1.54) is 0 Å². The summed E-state index contributed by atoms with van der Waals surface area (Å²) in [5.74, 6) is 1.12. The molecule has 1 aromatic heterocycles. The van der Waals surface area contributed by atoms with Gasteiger partial charge in [-0.2, -0.15) is 4.98 Å². The molecule has 5 nitrogen and oxygen atoms in total. The Morgan fingerprint density at radius 2 is 2.19 bits per heavy atom. The van der Waals surface area contributed by atoms with Crippen LogP contribution in [0.1, 0.15) is 26.0 Å². The van der Waals surface area contributed by atoms with Crippen molar-refractivity contribution in [2.24, 2.45) is 5.73 Å². The summed E-state index contributed by atoms with van der Waals surface area (Å²) in [5.41, 5.74) is 6.41. The summed E-state index contributed by atoms with van der Waals surface area (Å²) in [6, 6.07) is 1.79. The minimum Gasteiger partial charge on any atom is -0.481 e. The smallest absolute Gasteiger partial charge is 0.226 e. The van der Waals surface area contributed by atoms with Crippen LogP contribution >= 0.6 is 0 Å². The number of methoxy groups -OCH3 is 1. The molecule has 1 atom stereocenters. The molecule has 0 saturated carbocycles. The third-order valence-electron chi connectivity index (χ3n) is 2.68. The lowest BCUT2D eigenvalue weighted by atomic mass is 10.00. The SMILES string of the molecule is CCC(C)(CN)Nc1nc(C)cc(OC)n1. The summed E-state index contributed by atoms with van der Waals surface area (Å²) in [4.78, 5) is 8.54. The minimum atomic E-state index is -0.182. The molecule has 1 heterocycles. The second kappa shape index (κ2) is 5.12. The van der Waals surface area contributed by atoms with E-state index < -0.39 is 0 Å². The van der Waals surface area contributed by atoms with Gasteiger partial charge in [0.25, 0.3) is 0 Å². The van der Waals surface area contributed by atoms with Crippen LogP contribution in [0.25, 0.3) is 0 Å². The van der Waals surface area contributed by atoms with Crippen molar-refractivity contribution >= 4 is 5.95 Å². The van der Waals surface area contributed by atoms with Gasteiger partial charge >= 0.3 is 0 Å². The average Bonchev–Trinajstić information content (AvgIpc) is 2.28. The van der Waals surface area contributed by atoms with E-state index in [2.05, 4.69) is 22.2 Å². The first-order valence-corrected chi connectivity index (χ1v) is 5.41. The molecule has 0 bridgehead atoms. The van der Waals surface area contributed by atoms with Crippen molar-refractivity contribution in [3.05, 3.63) is 11.8 Å². The van der Waals surface area contributed by atoms with Crippen LogP contribution in [0.3, 0.4) is 0 Å². The number of nitrogens with zero attached hydrogens (tertiary/aromatic N) is 2. The number of rotatable bonds is 5. The third-order valence-corrected chi connectivity index (χ3v) is 2.68. The molecule has 0 aliphatic carbocycles. The monoisotopic (exact) mass is 224 g/mol. The molecule has 0 aliphatic heterocycles. The van der Waals surface area contributed by atoms with E-state index in [9.17, 15) is 0 Å². The van der Waals surface area contributed by atoms with Gasteiger partial charge in [-0.25, -0.2) is 4.98 Å². The van der Waals surface area contributed by atoms with Gasteiger partial charge in [0.2, 0.25) is 11.8 Å². The third kappa shape index (κ3) is 3.06. The van der Waals surface area contributed by atoms with E-state index in [-0.39, 0.29) is 5.54 Å². The lowest BCUT2D eigenvalue weighted by Gasteiger charge is -2.28. The van der Waals surface area contributed by atoms with Crippen LogP contribution in [-0.2, 0) is 0 Å². The fourth-order valence-corrected chi connectivity index (χ4v) is 1.25.